The van der Waals surface area contributed by atoms with Crippen LogP contribution in [0.3, 0.4) is 0 Å². The third-order valence-electron chi connectivity index (χ3n) is 6.96. The minimum absolute atomic E-state index is 0.102. The highest BCUT2D eigenvalue weighted by atomic mass is 19.1. The van der Waals surface area contributed by atoms with Crippen LogP contribution in [0.15, 0.2) is 24.5 Å². The van der Waals surface area contributed by atoms with E-state index in [1.165, 1.54) is 12.5 Å². The lowest BCUT2D eigenvalue weighted by Crippen LogP contribution is -2.34. The van der Waals surface area contributed by atoms with Crippen molar-refractivity contribution in [3.8, 4) is 0 Å². The summed E-state index contributed by atoms with van der Waals surface area (Å²) in [7, 11) is 0. The maximum Gasteiger partial charge on any atom is 0.135 e. The van der Waals surface area contributed by atoms with Crippen molar-refractivity contribution < 1.29 is 9.50 Å². The lowest BCUT2D eigenvalue weighted by atomic mass is 9.98. The molecule has 0 amide bonds. The molecule has 0 bridgehead atoms. The summed E-state index contributed by atoms with van der Waals surface area (Å²) in [4.78, 5) is 11.1. The minimum Gasteiger partial charge on any atom is -0.394 e. The number of halogens is 1. The number of aliphatic hydroxyl groups is 1. The Morgan fingerprint density at radius 1 is 1.30 bits per heavy atom. The number of nitrogens with two attached hydrogens (primary N) is 1. The van der Waals surface area contributed by atoms with Gasteiger partial charge in [0, 0.05) is 48.3 Å². The van der Waals surface area contributed by atoms with Gasteiger partial charge in [0.15, 0.2) is 0 Å². The zero-order valence-corrected chi connectivity index (χ0v) is 19.7. The van der Waals surface area contributed by atoms with Gasteiger partial charge < -0.3 is 26.5 Å². The molecule has 33 heavy (non-hydrogen) atoms. The molecule has 3 aliphatic rings. The molecule has 1 aromatic heterocycles. The van der Waals surface area contributed by atoms with Crippen molar-refractivity contribution in [3.63, 3.8) is 0 Å². The van der Waals surface area contributed by atoms with E-state index in [-0.39, 0.29) is 17.3 Å². The van der Waals surface area contributed by atoms with Crippen molar-refractivity contribution in [2.24, 2.45) is 17.1 Å². The standard InChI is InChI=1S/C22H27FN6.C3H8O/c1-14-3-2-6-29(11-14)20-9-19(26-13-27-20)28-18-8-16(17(23)7-15(18)10-24)22(25)12-21(22)4-5-21;1-3(2)4/h7-10,13-14,24H,2-6,11-12,25H2,1H3,(H,26,27,28);3-4H,1-2H3/t14?,22-;/m1./s1. The Hall–Kier alpha value is -2.58. The molecule has 178 valence electrons. The third-order valence-corrected chi connectivity index (χ3v) is 6.96. The number of anilines is 3. The van der Waals surface area contributed by atoms with Crippen molar-refractivity contribution in [1.82, 2.24) is 9.97 Å². The molecule has 5 N–H and O–H groups in total. The summed E-state index contributed by atoms with van der Waals surface area (Å²) in [5, 5.41) is 19.0. The summed E-state index contributed by atoms with van der Waals surface area (Å²) in [6.07, 6.45) is 7.93. The van der Waals surface area contributed by atoms with Gasteiger partial charge in [-0.3, -0.25) is 0 Å². The Morgan fingerprint density at radius 2 is 2.03 bits per heavy atom. The number of hydrogen-bond acceptors (Lipinski definition) is 7. The van der Waals surface area contributed by atoms with Crippen LogP contribution in [-0.4, -0.2) is 40.5 Å². The van der Waals surface area contributed by atoms with Gasteiger partial charge in [0.2, 0.25) is 0 Å². The fraction of sp³-hybridized carbons (Fsp3) is 0.560. The average Bonchev–Trinajstić information content (AvgIpc) is 3.66. The molecule has 1 spiro atoms. The minimum atomic E-state index is -0.575. The molecule has 2 saturated carbocycles. The Balaban J connectivity index is 0.000000601. The molecule has 8 heteroatoms. The summed E-state index contributed by atoms with van der Waals surface area (Å²) >= 11 is 0. The Kier molecular flexibility index (Phi) is 6.42. The van der Waals surface area contributed by atoms with Crippen LogP contribution in [0.25, 0.3) is 0 Å². The maximum atomic E-state index is 14.8. The van der Waals surface area contributed by atoms with Gasteiger partial charge in [-0.2, -0.15) is 0 Å². The second-order valence-corrected chi connectivity index (χ2v) is 10.2. The molecule has 7 nitrogen and oxygen atoms in total. The first kappa shape index (κ1) is 23.6. The van der Waals surface area contributed by atoms with Gasteiger partial charge in [-0.15, -0.1) is 0 Å². The highest BCUT2D eigenvalue weighted by Gasteiger charge is 2.73. The molecule has 3 fully saturated rings. The monoisotopic (exact) mass is 454 g/mol. The van der Waals surface area contributed by atoms with Gasteiger partial charge >= 0.3 is 0 Å². The number of benzene rings is 1. The number of aliphatic hydroxyl groups excluding tert-OH is 1. The first-order valence-corrected chi connectivity index (χ1v) is 11.8. The van der Waals surface area contributed by atoms with Crippen LogP contribution in [0.1, 0.15) is 64.0 Å². The predicted molar refractivity (Wildman–Crippen MR) is 130 cm³/mol. The van der Waals surface area contributed by atoms with E-state index in [2.05, 4.69) is 27.1 Å². The highest BCUT2D eigenvalue weighted by Crippen LogP contribution is 2.76. The summed E-state index contributed by atoms with van der Waals surface area (Å²) < 4.78 is 14.8. The smallest absolute Gasteiger partial charge is 0.135 e. The molecule has 5 rings (SSSR count). The second kappa shape index (κ2) is 8.99. The lowest BCUT2D eigenvalue weighted by molar-refractivity contribution is 0.216. The van der Waals surface area contributed by atoms with Gasteiger partial charge in [0.25, 0.3) is 0 Å². The van der Waals surface area contributed by atoms with Gasteiger partial charge in [-0.25, -0.2) is 14.4 Å². The van der Waals surface area contributed by atoms with E-state index in [0.29, 0.717) is 28.6 Å². The van der Waals surface area contributed by atoms with E-state index in [1.54, 1.807) is 26.2 Å². The van der Waals surface area contributed by atoms with Crippen LogP contribution in [0, 0.1) is 22.6 Å². The average molecular weight is 455 g/mol. The van der Waals surface area contributed by atoms with Crippen molar-refractivity contribution >= 4 is 23.5 Å². The largest absolute Gasteiger partial charge is 0.394 e. The predicted octanol–water partition coefficient (Wildman–Crippen LogP) is 4.32. The summed E-state index contributed by atoms with van der Waals surface area (Å²) in [5.41, 5.74) is 7.74. The lowest BCUT2D eigenvalue weighted by Gasteiger charge is -2.31. The van der Waals surface area contributed by atoms with E-state index >= 15 is 0 Å². The summed E-state index contributed by atoms with van der Waals surface area (Å²) in [5.74, 6) is 1.85. The zero-order valence-electron chi connectivity index (χ0n) is 19.7. The van der Waals surface area contributed by atoms with Crippen LogP contribution >= 0.6 is 0 Å². The molecule has 1 aliphatic heterocycles. The van der Waals surface area contributed by atoms with Gasteiger partial charge in [-0.05, 0) is 69.4 Å². The number of piperidine rings is 1. The van der Waals surface area contributed by atoms with Crippen molar-refractivity contribution in [1.29, 1.82) is 5.41 Å². The number of hydrogen-bond donors (Lipinski definition) is 4. The third kappa shape index (κ3) is 4.87. The molecule has 2 atom stereocenters. The van der Waals surface area contributed by atoms with Crippen LogP contribution in [0.5, 0.6) is 0 Å². The topological polar surface area (TPSA) is 111 Å². The van der Waals surface area contributed by atoms with Crippen LogP contribution in [-0.2, 0) is 5.54 Å². The summed E-state index contributed by atoms with van der Waals surface area (Å²) in [6.45, 7) is 7.68. The summed E-state index contributed by atoms with van der Waals surface area (Å²) in [6, 6.07) is 5.10. The van der Waals surface area contributed by atoms with Crippen LogP contribution in [0.2, 0.25) is 0 Å². The molecular formula is C25H35FN6O. The SMILES string of the molecule is CC(C)O.CC1CCCN(c2cc(Nc3cc([C@]4(N)CC45CC5)c(F)cc3C=N)ncn2)C1. The quantitative estimate of drug-likeness (QED) is 0.501. The number of nitrogens with zero attached hydrogens (tertiary/aromatic N) is 3. The number of nitrogens with one attached hydrogen (secondary N) is 2. The molecular weight excluding hydrogens is 419 g/mol. The Morgan fingerprint density at radius 3 is 2.64 bits per heavy atom. The van der Waals surface area contributed by atoms with Crippen LogP contribution < -0.4 is 16.0 Å². The Labute approximate surface area is 195 Å². The molecule has 1 saturated heterocycles. The van der Waals surface area contributed by atoms with E-state index in [9.17, 15) is 4.39 Å². The van der Waals surface area contributed by atoms with Crippen LogP contribution in [0.4, 0.5) is 21.7 Å². The fourth-order valence-corrected chi connectivity index (χ4v) is 4.93. The van der Waals surface area contributed by atoms with Crippen molar-refractivity contribution in [2.75, 3.05) is 23.3 Å². The van der Waals surface area contributed by atoms with Gasteiger partial charge in [-0.1, -0.05) is 6.92 Å². The van der Waals surface area contributed by atoms with Crippen molar-refractivity contribution in [2.45, 2.75) is 64.5 Å². The zero-order chi connectivity index (χ0) is 23.8. The van der Waals surface area contributed by atoms with E-state index in [0.717, 1.165) is 50.8 Å². The van der Waals surface area contributed by atoms with Crippen molar-refractivity contribution in [3.05, 3.63) is 41.5 Å². The van der Waals surface area contributed by atoms with Gasteiger partial charge in [0.1, 0.15) is 23.8 Å². The fourth-order valence-electron chi connectivity index (χ4n) is 4.93. The second-order valence-electron chi connectivity index (χ2n) is 10.2. The maximum absolute atomic E-state index is 14.8. The normalized spacial score (nSPS) is 24.8. The first-order chi connectivity index (χ1) is 15.7. The van der Waals surface area contributed by atoms with E-state index in [4.69, 9.17) is 16.2 Å². The molecule has 2 aliphatic carbocycles. The molecule has 1 aromatic carbocycles. The number of aromatic nitrogens is 2. The Bertz CT molecular complexity index is 1020. The molecule has 2 heterocycles. The number of rotatable bonds is 5. The first-order valence-electron chi connectivity index (χ1n) is 11.8. The van der Waals surface area contributed by atoms with Gasteiger partial charge in [0.05, 0.1) is 5.54 Å². The van der Waals surface area contributed by atoms with E-state index < -0.39 is 5.54 Å². The molecule has 2 aromatic rings. The highest BCUT2D eigenvalue weighted by molar-refractivity contribution is 5.87. The van der Waals surface area contributed by atoms with E-state index in [1.807, 2.05) is 6.07 Å². The molecule has 1 unspecified atom stereocenters. The molecule has 0 radical (unpaired) electrons.